The number of likely N-dealkylation sites (tertiary alicyclic amines) is 1. The summed E-state index contributed by atoms with van der Waals surface area (Å²) in [5.74, 6) is -0.113. The van der Waals surface area contributed by atoms with E-state index in [9.17, 15) is 9.59 Å². The number of piperidine rings is 1. The molecule has 0 aliphatic carbocycles. The van der Waals surface area contributed by atoms with Crippen LogP contribution in [-0.2, 0) is 13.5 Å². The summed E-state index contributed by atoms with van der Waals surface area (Å²) < 4.78 is 1.27. The lowest BCUT2D eigenvalue weighted by Gasteiger charge is -2.38. The van der Waals surface area contributed by atoms with E-state index < -0.39 is 0 Å². The standard InChI is InChI=1S/C24H29N5O2/c1-3-28-15-12-19(13-16-28)29(17-11-18-8-6-7-14-25-18)24(31)22-20-9-4-5-10-21(20)23(30)27(2)26-22/h4-10,14,19H,3,11-13,15-17H2,1-2H3. The number of pyridine rings is 1. The second-order valence-electron chi connectivity index (χ2n) is 8.06. The number of hydrogen-bond acceptors (Lipinski definition) is 5. The zero-order valence-corrected chi connectivity index (χ0v) is 18.2. The number of rotatable bonds is 6. The van der Waals surface area contributed by atoms with Crippen LogP contribution in [0.2, 0.25) is 0 Å². The van der Waals surface area contributed by atoms with Gasteiger partial charge in [0.15, 0.2) is 5.69 Å². The van der Waals surface area contributed by atoms with E-state index in [1.54, 1.807) is 19.3 Å². The van der Waals surface area contributed by atoms with Crippen LogP contribution in [0.1, 0.15) is 35.9 Å². The van der Waals surface area contributed by atoms with E-state index in [1.165, 1.54) is 4.68 Å². The van der Waals surface area contributed by atoms with E-state index in [0.29, 0.717) is 29.4 Å². The van der Waals surface area contributed by atoms with Crippen LogP contribution < -0.4 is 5.56 Å². The molecule has 1 aliphatic heterocycles. The molecule has 1 aliphatic rings. The highest BCUT2D eigenvalue weighted by Gasteiger charge is 2.30. The minimum atomic E-state index is -0.191. The highest BCUT2D eigenvalue weighted by Crippen LogP contribution is 2.22. The normalized spacial score (nSPS) is 15.3. The molecule has 3 aromatic rings. The summed E-state index contributed by atoms with van der Waals surface area (Å²) in [6.45, 7) is 5.74. The van der Waals surface area contributed by atoms with Gasteiger partial charge in [0.1, 0.15) is 0 Å². The van der Waals surface area contributed by atoms with Crippen LogP contribution in [0.3, 0.4) is 0 Å². The summed E-state index contributed by atoms with van der Waals surface area (Å²) in [7, 11) is 1.60. The van der Waals surface area contributed by atoms with Gasteiger partial charge in [0.2, 0.25) is 0 Å². The average molecular weight is 420 g/mol. The smallest absolute Gasteiger partial charge is 0.275 e. The Morgan fingerprint density at radius 3 is 2.48 bits per heavy atom. The lowest BCUT2D eigenvalue weighted by atomic mass is 10.0. The fraction of sp³-hybridized carbons (Fsp3) is 0.417. The van der Waals surface area contributed by atoms with Gasteiger partial charge >= 0.3 is 0 Å². The Labute approximate surface area is 182 Å². The van der Waals surface area contributed by atoms with Crippen LogP contribution in [0.4, 0.5) is 0 Å². The van der Waals surface area contributed by atoms with Gasteiger partial charge in [0.05, 0.1) is 5.39 Å². The lowest BCUT2D eigenvalue weighted by molar-refractivity contribution is 0.0573. The SMILES string of the molecule is CCN1CCC(N(CCc2ccccn2)C(=O)c2nn(C)c(=O)c3ccccc23)CC1. The molecule has 0 N–H and O–H groups in total. The quantitative estimate of drug-likeness (QED) is 0.614. The van der Waals surface area contributed by atoms with Crippen LogP contribution in [0.25, 0.3) is 10.8 Å². The van der Waals surface area contributed by atoms with Crippen LogP contribution in [0.15, 0.2) is 53.5 Å². The van der Waals surface area contributed by atoms with E-state index in [2.05, 4.69) is 21.9 Å². The van der Waals surface area contributed by atoms with Crippen molar-refractivity contribution in [1.29, 1.82) is 0 Å². The molecule has 0 spiro atoms. The lowest BCUT2D eigenvalue weighted by Crippen LogP contribution is -2.48. The Kier molecular flexibility index (Phi) is 6.42. The molecular weight excluding hydrogens is 390 g/mol. The van der Waals surface area contributed by atoms with Crippen molar-refractivity contribution >= 4 is 16.7 Å². The maximum atomic E-state index is 13.8. The summed E-state index contributed by atoms with van der Waals surface area (Å²) in [5.41, 5.74) is 1.12. The monoisotopic (exact) mass is 419 g/mol. The van der Waals surface area contributed by atoms with Crippen LogP contribution in [0.5, 0.6) is 0 Å². The molecule has 0 atom stereocenters. The Morgan fingerprint density at radius 2 is 1.81 bits per heavy atom. The largest absolute Gasteiger partial charge is 0.334 e. The molecule has 1 saturated heterocycles. The number of nitrogens with zero attached hydrogens (tertiary/aromatic N) is 5. The number of aromatic nitrogens is 3. The first-order valence-electron chi connectivity index (χ1n) is 11.0. The van der Waals surface area contributed by atoms with Gasteiger partial charge in [-0.3, -0.25) is 14.6 Å². The molecule has 31 heavy (non-hydrogen) atoms. The van der Waals surface area contributed by atoms with Crippen molar-refractivity contribution in [1.82, 2.24) is 24.6 Å². The first-order chi connectivity index (χ1) is 15.1. The average Bonchev–Trinajstić information content (AvgIpc) is 2.82. The minimum Gasteiger partial charge on any atom is -0.334 e. The maximum Gasteiger partial charge on any atom is 0.275 e. The second-order valence-corrected chi connectivity index (χ2v) is 8.06. The molecule has 1 fully saturated rings. The summed E-state index contributed by atoms with van der Waals surface area (Å²) in [6.07, 6.45) is 4.34. The zero-order chi connectivity index (χ0) is 21.8. The van der Waals surface area contributed by atoms with Crippen molar-refractivity contribution in [3.63, 3.8) is 0 Å². The van der Waals surface area contributed by atoms with Crippen LogP contribution in [0, 0.1) is 0 Å². The number of benzene rings is 1. The Morgan fingerprint density at radius 1 is 1.10 bits per heavy atom. The van der Waals surface area contributed by atoms with E-state index in [4.69, 9.17) is 0 Å². The molecule has 4 rings (SSSR count). The number of carbonyl (C=O) groups is 1. The molecule has 7 nitrogen and oxygen atoms in total. The number of hydrogen-bond donors (Lipinski definition) is 0. The molecule has 0 bridgehead atoms. The molecule has 0 saturated carbocycles. The van der Waals surface area contributed by atoms with Crippen molar-refractivity contribution in [2.24, 2.45) is 7.05 Å². The molecular formula is C24H29N5O2. The molecule has 0 radical (unpaired) electrons. The van der Waals surface area contributed by atoms with Gasteiger partial charge in [-0.1, -0.05) is 31.2 Å². The number of fused-ring (bicyclic) bond motifs is 1. The fourth-order valence-electron chi connectivity index (χ4n) is 4.37. The topological polar surface area (TPSA) is 71.3 Å². The third-order valence-corrected chi connectivity index (χ3v) is 6.20. The molecule has 162 valence electrons. The van der Waals surface area contributed by atoms with Crippen LogP contribution >= 0.6 is 0 Å². The third-order valence-electron chi connectivity index (χ3n) is 6.20. The van der Waals surface area contributed by atoms with Crippen molar-refractivity contribution < 1.29 is 4.79 Å². The van der Waals surface area contributed by atoms with Crippen molar-refractivity contribution in [3.8, 4) is 0 Å². The second kappa shape index (κ2) is 9.39. The summed E-state index contributed by atoms with van der Waals surface area (Å²) in [4.78, 5) is 35.1. The fourth-order valence-corrected chi connectivity index (χ4v) is 4.37. The first-order valence-corrected chi connectivity index (χ1v) is 11.0. The number of aryl methyl sites for hydroxylation is 1. The Bertz CT molecular complexity index is 1100. The van der Waals surface area contributed by atoms with Gasteiger partial charge in [0.25, 0.3) is 11.5 Å². The first kappa shape index (κ1) is 21.2. The molecule has 7 heteroatoms. The van der Waals surface area contributed by atoms with Gasteiger partial charge in [-0.2, -0.15) is 5.10 Å². The van der Waals surface area contributed by atoms with Crippen molar-refractivity contribution in [2.75, 3.05) is 26.2 Å². The molecule has 1 amide bonds. The molecule has 0 unspecified atom stereocenters. The van der Waals surface area contributed by atoms with Crippen molar-refractivity contribution in [2.45, 2.75) is 32.2 Å². The van der Waals surface area contributed by atoms with E-state index in [-0.39, 0.29) is 17.5 Å². The highest BCUT2D eigenvalue weighted by molar-refractivity contribution is 6.04. The van der Waals surface area contributed by atoms with E-state index in [1.807, 2.05) is 41.3 Å². The maximum absolute atomic E-state index is 13.8. The van der Waals surface area contributed by atoms with Crippen LogP contribution in [-0.4, -0.2) is 62.7 Å². The van der Waals surface area contributed by atoms with Gasteiger partial charge in [-0.25, -0.2) is 4.68 Å². The molecule has 3 heterocycles. The number of carbonyl (C=O) groups excluding carboxylic acids is 1. The van der Waals surface area contributed by atoms with Gasteiger partial charge in [-0.15, -0.1) is 0 Å². The Balaban J connectivity index is 1.67. The van der Waals surface area contributed by atoms with E-state index in [0.717, 1.165) is 38.2 Å². The highest BCUT2D eigenvalue weighted by atomic mass is 16.2. The van der Waals surface area contributed by atoms with Crippen molar-refractivity contribution in [3.05, 3.63) is 70.4 Å². The summed E-state index contributed by atoms with van der Waals surface area (Å²) in [5, 5.41) is 5.53. The Hall–Kier alpha value is -3.06. The predicted molar refractivity (Wildman–Crippen MR) is 121 cm³/mol. The predicted octanol–water partition coefficient (Wildman–Crippen LogP) is 2.50. The summed E-state index contributed by atoms with van der Waals surface area (Å²) >= 11 is 0. The summed E-state index contributed by atoms with van der Waals surface area (Å²) in [6, 6.07) is 13.2. The minimum absolute atomic E-state index is 0.113. The van der Waals surface area contributed by atoms with Gasteiger partial charge in [0, 0.05) is 56.4 Å². The molecule has 1 aromatic carbocycles. The zero-order valence-electron chi connectivity index (χ0n) is 18.2. The third kappa shape index (κ3) is 4.51. The molecule has 2 aromatic heterocycles. The number of amides is 1. The van der Waals surface area contributed by atoms with Gasteiger partial charge < -0.3 is 9.80 Å². The van der Waals surface area contributed by atoms with E-state index >= 15 is 0 Å². The van der Waals surface area contributed by atoms with Gasteiger partial charge in [-0.05, 0) is 37.6 Å².